The molecule has 1 aromatic heterocycles. The lowest BCUT2D eigenvalue weighted by atomic mass is 9.85. The highest BCUT2D eigenvalue weighted by molar-refractivity contribution is 7.17. The number of anilines is 1. The van der Waals surface area contributed by atoms with E-state index < -0.39 is 6.10 Å². The maximum Gasteiger partial charge on any atom is 0.341 e. The maximum absolute atomic E-state index is 13.0. The van der Waals surface area contributed by atoms with E-state index in [1.54, 1.807) is 0 Å². The molecule has 6 heteroatoms. The first-order valence-electron chi connectivity index (χ1n) is 10.6. The molecule has 1 aromatic carbocycles. The number of carbonyl (C=O) groups excluding carboxylic acids is 2. The largest absolute Gasteiger partial charge is 0.481 e. The molecule has 162 valence electrons. The number of amides is 1. The van der Waals surface area contributed by atoms with Gasteiger partial charge in [-0.3, -0.25) is 4.79 Å². The monoisotopic (exact) mass is 429 g/mol. The number of ether oxygens (including phenoxy) is 2. The van der Waals surface area contributed by atoms with E-state index in [4.69, 9.17) is 9.47 Å². The summed E-state index contributed by atoms with van der Waals surface area (Å²) in [6.45, 7) is 8.17. The van der Waals surface area contributed by atoms with Gasteiger partial charge in [0.05, 0.1) is 12.7 Å². The Bertz CT molecular complexity index is 934. The average molecular weight is 430 g/mol. The predicted octanol–water partition coefficient (Wildman–Crippen LogP) is 5.46. The highest BCUT2D eigenvalue weighted by Gasteiger charge is 2.30. The Labute approximate surface area is 182 Å². The van der Waals surface area contributed by atoms with Crippen LogP contribution >= 0.6 is 11.3 Å². The van der Waals surface area contributed by atoms with Crippen LogP contribution in [0.1, 0.15) is 65.0 Å². The Kier molecular flexibility index (Phi) is 7.19. The molecule has 0 aliphatic heterocycles. The van der Waals surface area contributed by atoms with E-state index in [0.717, 1.165) is 36.8 Å². The third-order valence-corrected chi connectivity index (χ3v) is 7.16. The van der Waals surface area contributed by atoms with Gasteiger partial charge < -0.3 is 14.8 Å². The molecule has 0 unspecified atom stereocenters. The molecule has 0 saturated carbocycles. The maximum atomic E-state index is 13.0. The fourth-order valence-corrected chi connectivity index (χ4v) is 5.23. The lowest BCUT2D eigenvalue weighted by molar-refractivity contribution is -0.122. The van der Waals surface area contributed by atoms with Crippen LogP contribution in [0.25, 0.3) is 0 Å². The fraction of sp³-hybridized carbons (Fsp3) is 0.500. The highest BCUT2D eigenvalue weighted by Crippen LogP contribution is 2.41. The molecular formula is C24H31NO4S. The first kappa shape index (κ1) is 22.3. The minimum Gasteiger partial charge on any atom is -0.481 e. The molecule has 5 nitrogen and oxygen atoms in total. The number of carbonyl (C=O) groups is 2. The van der Waals surface area contributed by atoms with Crippen molar-refractivity contribution in [2.45, 2.75) is 65.9 Å². The van der Waals surface area contributed by atoms with Gasteiger partial charge in [0.2, 0.25) is 0 Å². The molecule has 0 bridgehead atoms. The number of aryl methyl sites for hydroxylation is 2. The minimum atomic E-state index is -0.639. The van der Waals surface area contributed by atoms with Gasteiger partial charge in [-0.15, -0.1) is 11.3 Å². The number of hydrogen-bond acceptors (Lipinski definition) is 5. The van der Waals surface area contributed by atoms with Crippen LogP contribution in [0.5, 0.6) is 5.75 Å². The molecule has 3 rings (SSSR count). The van der Waals surface area contributed by atoms with Gasteiger partial charge in [0.25, 0.3) is 5.91 Å². The third kappa shape index (κ3) is 4.69. The van der Waals surface area contributed by atoms with Gasteiger partial charge >= 0.3 is 5.97 Å². The van der Waals surface area contributed by atoms with Crippen LogP contribution < -0.4 is 10.1 Å². The second kappa shape index (κ2) is 9.65. The van der Waals surface area contributed by atoms with Gasteiger partial charge in [-0.25, -0.2) is 4.79 Å². The molecule has 2 atom stereocenters. The fourth-order valence-electron chi connectivity index (χ4n) is 3.87. The standard InChI is InChI=1S/C24H31NO4S/c1-6-16-9-11-18-20(13-16)30-23(21(18)24(27)28-5)25-22(26)19(7-2)29-17-10-8-14(3)15(4)12-17/h8,10,12,16,19H,6-7,9,11,13H2,1-5H3,(H,25,26)/t16-,19-/m0/s1. The van der Waals surface area contributed by atoms with E-state index in [9.17, 15) is 9.59 Å². The predicted molar refractivity (Wildman–Crippen MR) is 121 cm³/mol. The van der Waals surface area contributed by atoms with Crippen molar-refractivity contribution in [3.8, 4) is 5.75 Å². The first-order valence-corrected chi connectivity index (χ1v) is 11.5. The molecule has 1 aliphatic carbocycles. The zero-order chi connectivity index (χ0) is 21.8. The molecule has 0 saturated heterocycles. The quantitative estimate of drug-likeness (QED) is 0.594. The summed E-state index contributed by atoms with van der Waals surface area (Å²) in [5, 5.41) is 3.55. The topological polar surface area (TPSA) is 64.6 Å². The summed E-state index contributed by atoms with van der Waals surface area (Å²) in [4.78, 5) is 26.7. The van der Waals surface area contributed by atoms with Crippen LogP contribution in [0.2, 0.25) is 0 Å². The van der Waals surface area contributed by atoms with E-state index in [2.05, 4.69) is 12.2 Å². The molecule has 0 radical (unpaired) electrons. The Hall–Kier alpha value is -2.34. The number of benzene rings is 1. The summed E-state index contributed by atoms with van der Waals surface area (Å²) in [5.74, 6) is 0.665. The number of thiophene rings is 1. The number of hydrogen-bond donors (Lipinski definition) is 1. The second-order valence-electron chi connectivity index (χ2n) is 7.97. The third-order valence-electron chi connectivity index (χ3n) is 5.99. The summed E-state index contributed by atoms with van der Waals surface area (Å²) >= 11 is 1.50. The van der Waals surface area contributed by atoms with Crippen molar-refractivity contribution >= 4 is 28.2 Å². The Balaban J connectivity index is 1.83. The van der Waals surface area contributed by atoms with Gasteiger partial charge in [0, 0.05) is 4.88 Å². The average Bonchev–Trinajstić information content (AvgIpc) is 3.10. The SMILES string of the molecule is CC[C@H]1CCc2c(sc(NC(=O)[C@H](CC)Oc3ccc(C)c(C)c3)c2C(=O)OC)C1. The number of fused-ring (bicyclic) bond motifs is 1. The van der Waals surface area contributed by atoms with Crippen LogP contribution in [-0.4, -0.2) is 25.1 Å². The zero-order valence-corrected chi connectivity index (χ0v) is 19.3. The lowest BCUT2D eigenvalue weighted by Gasteiger charge is -2.20. The van der Waals surface area contributed by atoms with Crippen molar-refractivity contribution in [2.24, 2.45) is 5.92 Å². The molecule has 1 aliphatic rings. The van der Waals surface area contributed by atoms with Crippen LogP contribution in [0, 0.1) is 19.8 Å². The normalized spacial score (nSPS) is 16.5. The van der Waals surface area contributed by atoms with Crippen molar-refractivity contribution in [2.75, 3.05) is 12.4 Å². The summed E-state index contributed by atoms with van der Waals surface area (Å²) in [6, 6.07) is 5.81. The lowest BCUT2D eigenvalue weighted by Crippen LogP contribution is -2.32. The molecule has 1 N–H and O–H groups in total. The van der Waals surface area contributed by atoms with Crippen molar-refractivity contribution in [1.29, 1.82) is 0 Å². The van der Waals surface area contributed by atoms with Crippen LogP contribution in [0.4, 0.5) is 5.00 Å². The number of esters is 1. The van der Waals surface area contributed by atoms with E-state index in [0.29, 0.717) is 28.7 Å². The van der Waals surface area contributed by atoms with Crippen LogP contribution in [0.15, 0.2) is 18.2 Å². The van der Waals surface area contributed by atoms with E-state index in [1.807, 2.05) is 39.0 Å². The molecule has 0 spiro atoms. The van der Waals surface area contributed by atoms with Crippen molar-refractivity contribution < 1.29 is 19.1 Å². The van der Waals surface area contributed by atoms with Gasteiger partial charge in [0.15, 0.2) is 6.10 Å². The van der Waals surface area contributed by atoms with Crippen molar-refractivity contribution in [3.63, 3.8) is 0 Å². The zero-order valence-electron chi connectivity index (χ0n) is 18.5. The summed E-state index contributed by atoms with van der Waals surface area (Å²) in [5.41, 5.74) is 3.85. The Morgan fingerprint density at radius 3 is 2.63 bits per heavy atom. The second-order valence-corrected chi connectivity index (χ2v) is 9.07. The van der Waals surface area contributed by atoms with Crippen molar-refractivity contribution in [1.82, 2.24) is 0 Å². The summed E-state index contributed by atoms with van der Waals surface area (Å²) < 4.78 is 11.0. The Morgan fingerprint density at radius 1 is 1.23 bits per heavy atom. The van der Waals surface area contributed by atoms with Gasteiger partial charge in [-0.1, -0.05) is 26.3 Å². The van der Waals surface area contributed by atoms with Crippen molar-refractivity contribution in [3.05, 3.63) is 45.3 Å². The minimum absolute atomic E-state index is 0.244. The van der Waals surface area contributed by atoms with E-state index >= 15 is 0 Å². The van der Waals surface area contributed by atoms with Crippen LogP contribution in [0.3, 0.4) is 0 Å². The van der Waals surface area contributed by atoms with Gasteiger partial charge in [0.1, 0.15) is 10.8 Å². The van der Waals surface area contributed by atoms with Gasteiger partial charge in [-0.2, -0.15) is 0 Å². The first-order chi connectivity index (χ1) is 14.4. The smallest absolute Gasteiger partial charge is 0.341 e. The van der Waals surface area contributed by atoms with Gasteiger partial charge in [-0.05, 0) is 74.3 Å². The molecule has 1 amide bonds. The highest BCUT2D eigenvalue weighted by atomic mass is 32.1. The molecular weight excluding hydrogens is 398 g/mol. The van der Waals surface area contributed by atoms with E-state index in [-0.39, 0.29) is 11.9 Å². The number of rotatable bonds is 7. The molecule has 1 heterocycles. The number of methoxy groups -OCH3 is 1. The molecule has 0 fully saturated rings. The molecule has 2 aromatic rings. The summed E-state index contributed by atoms with van der Waals surface area (Å²) in [7, 11) is 1.38. The van der Waals surface area contributed by atoms with E-state index in [1.165, 1.54) is 28.9 Å². The number of nitrogens with one attached hydrogen (secondary N) is 1. The Morgan fingerprint density at radius 2 is 2.00 bits per heavy atom. The molecule has 30 heavy (non-hydrogen) atoms. The summed E-state index contributed by atoms with van der Waals surface area (Å²) in [6.07, 6.45) is 3.86. The van der Waals surface area contributed by atoms with Crippen LogP contribution in [-0.2, 0) is 22.4 Å².